The number of alkyl halides is 1. The summed E-state index contributed by atoms with van der Waals surface area (Å²) < 4.78 is 12.7. The van der Waals surface area contributed by atoms with Gasteiger partial charge in [0, 0.05) is 5.69 Å². The van der Waals surface area contributed by atoms with Gasteiger partial charge < -0.3 is 5.32 Å². The van der Waals surface area contributed by atoms with Crippen molar-refractivity contribution in [2.75, 3.05) is 5.32 Å². The van der Waals surface area contributed by atoms with E-state index >= 15 is 0 Å². The molecule has 0 bridgehead atoms. The van der Waals surface area contributed by atoms with Gasteiger partial charge in [0.25, 0.3) is 0 Å². The first kappa shape index (κ1) is 11.0. The van der Waals surface area contributed by atoms with E-state index in [0.29, 0.717) is 11.3 Å². The van der Waals surface area contributed by atoms with Gasteiger partial charge in [-0.3, -0.25) is 4.79 Å². The number of carbonyl (C=O) groups excluding carboxylic acids is 1. The van der Waals surface area contributed by atoms with Crippen LogP contribution < -0.4 is 5.32 Å². The molecule has 0 aliphatic carbocycles. The fraction of sp³-hybridized carbons (Fsp3) is 0.300. The average molecular weight is 216 g/mol. The third kappa shape index (κ3) is 2.70. The van der Waals surface area contributed by atoms with Crippen molar-refractivity contribution >= 4 is 23.2 Å². The van der Waals surface area contributed by atoms with Crippen LogP contribution in [0.1, 0.15) is 12.5 Å². The van der Waals surface area contributed by atoms with Crippen LogP contribution in [0, 0.1) is 12.7 Å². The van der Waals surface area contributed by atoms with Crippen molar-refractivity contribution < 1.29 is 9.18 Å². The Morgan fingerprint density at radius 1 is 1.57 bits per heavy atom. The molecule has 1 amide bonds. The molecule has 0 radical (unpaired) electrons. The minimum Gasteiger partial charge on any atom is -0.325 e. The van der Waals surface area contributed by atoms with Gasteiger partial charge in [0.2, 0.25) is 5.91 Å². The van der Waals surface area contributed by atoms with Crippen LogP contribution in [0.15, 0.2) is 18.2 Å². The second-order valence-electron chi connectivity index (χ2n) is 3.06. The molecule has 0 saturated heterocycles. The molecule has 0 heterocycles. The smallest absolute Gasteiger partial charge is 0.242 e. The van der Waals surface area contributed by atoms with Crippen molar-refractivity contribution in [1.29, 1.82) is 0 Å². The average Bonchev–Trinajstić information content (AvgIpc) is 2.09. The molecular weight excluding hydrogens is 205 g/mol. The van der Waals surface area contributed by atoms with Crippen molar-refractivity contribution in [3.63, 3.8) is 0 Å². The number of amides is 1. The third-order valence-corrected chi connectivity index (χ3v) is 2.01. The highest BCUT2D eigenvalue weighted by Gasteiger charge is 2.10. The second kappa shape index (κ2) is 4.42. The number of hydrogen-bond donors (Lipinski definition) is 1. The molecule has 1 aromatic carbocycles. The lowest BCUT2D eigenvalue weighted by molar-refractivity contribution is -0.115. The fourth-order valence-electron chi connectivity index (χ4n) is 1.000. The Balaban J connectivity index is 2.82. The summed E-state index contributed by atoms with van der Waals surface area (Å²) in [5, 5.41) is 2.00. The Labute approximate surface area is 87.1 Å². The summed E-state index contributed by atoms with van der Waals surface area (Å²) in [6.07, 6.45) is 0. The predicted octanol–water partition coefficient (Wildman–Crippen LogP) is 2.70. The first-order valence-corrected chi connectivity index (χ1v) is 4.65. The number of nitrogens with one attached hydrogen (secondary N) is 1. The standard InChI is InChI=1S/C10H11ClFNO/c1-6-5-8(12)3-4-9(6)13-10(14)7(2)11/h3-5,7H,1-2H3,(H,13,14)/t7-/m1/s1. The molecule has 0 spiro atoms. The number of hydrogen-bond acceptors (Lipinski definition) is 1. The maximum atomic E-state index is 12.7. The SMILES string of the molecule is Cc1cc(F)ccc1NC(=O)[C@@H](C)Cl. The van der Waals surface area contributed by atoms with E-state index in [4.69, 9.17) is 11.6 Å². The second-order valence-corrected chi connectivity index (χ2v) is 3.72. The maximum Gasteiger partial charge on any atom is 0.242 e. The Kier molecular flexibility index (Phi) is 3.47. The minimum atomic E-state index is -0.598. The monoisotopic (exact) mass is 215 g/mol. The van der Waals surface area contributed by atoms with Crippen LogP contribution >= 0.6 is 11.6 Å². The predicted molar refractivity (Wildman–Crippen MR) is 55.1 cm³/mol. The van der Waals surface area contributed by atoms with Crippen LogP contribution in [0.4, 0.5) is 10.1 Å². The van der Waals surface area contributed by atoms with E-state index in [1.165, 1.54) is 18.2 Å². The van der Waals surface area contributed by atoms with Gasteiger partial charge in [-0.15, -0.1) is 11.6 Å². The summed E-state index contributed by atoms with van der Waals surface area (Å²) in [5.41, 5.74) is 1.26. The molecule has 4 heteroatoms. The van der Waals surface area contributed by atoms with Crippen molar-refractivity contribution in [3.05, 3.63) is 29.6 Å². The van der Waals surface area contributed by atoms with Gasteiger partial charge in [-0.05, 0) is 37.6 Å². The fourth-order valence-corrected chi connectivity index (χ4v) is 1.05. The van der Waals surface area contributed by atoms with Crippen LogP contribution in [0.3, 0.4) is 0 Å². The van der Waals surface area contributed by atoms with Crippen LogP contribution in [-0.2, 0) is 4.79 Å². The lowest BCUT2D eigenvalue weighted by Crippen LogP contribution is -2.20. The van der Waals surface area contributed by atoms with Crippen molar-refractivity contribution in [2.24, 2.45) is 0 Å². The molecule has 0 saturated carbocycles. The molecule has 14 heavy (non-hydrogen) atoms. The molecule has 0 aromatic heterocycles. The molecule has 1 atom stereocenters. The molecule has 1 N–H and O–H groups in total. The topological polar surface area (TPSA) is 29.1 Å². The lowest BCUT2D eigenvalue weighted by atomic mass is 10.2. The molecule has 1 rings (SSSR count). The zero-order chi connectivity index (χ0) is 10.7. The van der Waals surface area contributed by atoms with Gasteiger partial charge in [-0.1, -0.05) is 0 Å². The molecule has 0 fully saturated rings. The summed E-state index contributed by atoms with van der Waals surface area (Å²) in [7, 11) is 0. The van der Waals surface area contributed by atoms with Gasteiger partial charge in [-0.2, -0.15) is 0 Å². The first-order valence-electron chi connectivity index (χ1n) is 4.22. The van der Waals surface area contributed by atoms with E-state index in [1.807, 2.05) is 0 Å². The zero-order valence-corrected chi connectivity index (χ0v) is 8.73. The quantitative estimate of drug-likeness (QED) is 0.756. The summed E-state index contributed by atoms with van der Waals surface area (Å²) in [6.45, 7) is 3.30. The number of aryl methyl sites for hydroxylation is 1. The van der Waals surface area contributed by atoms with E-state index < -0.39 is 5.38 Å². The molecule has 0 aliphatic heterocycles. The van der Waals surface area contributed by atoms with Gasteiger partial charge in [0.05, 0.1) is 0 Å². The molecule has 0 unspecified atom stereocenters. The Morgan fingerprint density at radius 3 is 2.71 bits per heavy atom. The summed E-state index contributed by atoms with van der Waals surface area (Å²) >= 11 is 5.58. The molecule has 2 nitrogen and oxygen atoms in total. The van der Waals surface area contributed by atoms with Gasteiger partial charge in [0.1, 0.15) is 11.2 Å². The Hall–Kier alpha value is -1.09. The van der Waals surface area contributed by atoms with Crippen molar-refractivity contribution in [2.45, 2.75) is 19.2 Å². The Morgan fingerprint density at radius 2 is 2.21 bits per heavy atom. The van der Waals surface area contributed by atoms with Crippen LogP contribution in [0.5, 0.6) is 0 Å². The number of halogens is 2. The molecular formula is C10H11ClFNO. The van der Waals surface area contributed by atoms with E-state index in [9.17, 15) is 9.18 Å². The summed E-state index contributed by atoms with van der Waals surface area (Å²) in [4.78, 5) is 11.2. The highest BCUT2D eigenvalue weighted by molar-refractivity contribution is 6.32. The number of carbonyl (C=O) groups is 1. The first-order chi connectivity index (χ1) is 6.50. The molecule has 1 aromatic rings. The van der Waals surface area contributed by atoms with Gasteiger partial charge in [0.15, 0.2) is 0 Å². The number of anilines is 1. The molecule has 76 valence electrons. The zero-order valence-electron chi connectivity index (χ0n) is 7.97. The van der Waals surface area contributed by atoms with Crippen molar-refractivity contribution in [3.8, 4) is 0 Å². The lowest BCUT2D eigenvalue weighted by Gasteiger charge is -2.08. The van der Waals surface area contributed by atoms with Gasteiger partial charge in [-0.25, -0.2) is 4.39 Å². The largest absolute Gasteiger partial charge is 0.325 e. The normalized spacial score (nSPS) is 12.3. The van der Waals surface area contributed by atoms with Crippen LogP contribution in [-0.4, -0.2) is 11.3 Å². The van der Waals surface area contributed by atoms with E-state index in [2.05, 4.69) is 5.32 Å². The van der Waals surface area contributed by atoms with Crippen LogP contribution in [0.2, 0.25) is 0 Å². The summed E-state index contributed by atoms with van der Waals surface area (Å²) in [5.74, 6) is -0.610. The van der Waals surface area contributed by atoms with Crippen molar-refractivity contribution in [1.82, 2.24) is 0 Å². The number of benzene rings is 1. The third-order valence-electron chi connectivity index (χ3n) is 1.81. The number of rotatable bonds is 2. The Bertz CT molecular complexity index is 352. The highest BCUT2D eigenvalue weighted by atomic mass is 35.5. The molecule has 0 aliphatic rings. The summed E-state index contributed by atoms with van der Waals surface area (Å²) in [6, 6.07) is 4.16. The van der Waals surface area contributed by atoms with Gasteiger partial charge >= 0.3 is 0 Å². The van der Waals surface area contributed by atoms with Crippen LogP contribution in [0.25, 0.3) is 0 Å². The maximum absolute atomic E-state index is 12.7. The minimum absolute atomic E-state index is 0.290. The van der Waals surface area contributed by atoms with E-state index in [1.54, 1.807) is 13.8 Å². The highest BCUT2D eigenvalue weighted by Crippen LogP contribution is 2.16. The van der Waals surface area contributed by atoms with E-state index in [-0.39, 0.29) is 11.7 Å². The van der Waals surface area contributed by atoms with E-state index in [0.717, 1.165) is 0 Å².